The summed E-state index contributed by atoms with van der Waals surface area (Å²) < 4.78 is 30.5. The van der Waals surface area contributed by atoms with Gasteiger partial charge in [0.25, 0.3) is 0 Å². The summed E-state index contributed by atoms with van der Waals surface area (Å²) in [5, 5.41) is 4.24. The lowest BCUT2D eigenvalue weighted by atomic mass is 10.3. The summed E-state index contributed by atoms with van der Waals surface area (Å²) in [6.45, 7) is 1.95. The minimum Gasteiger partial charge on any atom is -0.284 e. The van der Waals surface area contributed by atoms with Crippen molar-refractivity contribution in [2.75, 3.05) is 17.6 Å². The van der Waals surface area contributed by atoms with Gasteiger partial charge in [0.15, 0.2) is 0 Å². The Kier molecular flexibility index (Phi) is 7.17. The predicted octanol–water partition coefficient (Wildman–Crippen LogP) is 2.75. The molecule has 0 atom stereocenters. The minimum absolute atomic E-state index is 0.130. The highest BCUT2D eigenvalue weighted by Crippen LogP contribution is 2.22. The molecule has 0 saturated heterocycles. The van der Waals surface area contributed by atoms with E-state index >= 15 is 0 Å². The maximum atomic E-state index is 11.7. The fraction of sp³-hybridized carbons (Fsp3) is 0.455. The molecule has 0 saturated carbocycles. The molecular weight excluding hydrogens is 290 g/mol. The van der Waals surface area contributed by atoms with Crippen LogP contribution in [-0.2, 0) is 24.3 Å². The predicted molar refractivity (Wildman–Crippen MR) is 73.8 cm³/mol. The van der Waals surface area contributed by atoms with Crippen LogP contribution in [-0.4, -0.2) is 21.3 Å². The second-order valence-corrected chi connectivity index (χ2v) is 6.30. The summed E-state index contributed by atoms with van der Waals surface area (Å²) in [7, 11) is -1.94. The third kappa shape index (κ3) is 6.79. The van der Waals surface area contributed by atoms with Crippen molar-refractivity contribution in [1.82, 2.24) is 0 Å². The van der Waals surface area contributed by atoms with Gasteiger partial charge in [-0.15, -0.1) is 4.33 Å². The average molecular weight is 307 g/mol. The molecule has 0 heterocycles. The van der Waals surface area contributed by atoms with Gasteiger partial charge in [-0.25, -0.2) is 13.3 Å². The first-order valence-corrected chi connectivity index (χ1v) is 8.11. The van der Waals surface area contributed by atoms with Gasteiger partial charge in [0.1, 0.15) is 0 Å². The van der Waals surface area contributed by atoms with Crippen LogP contribution in [0.15, 0.2) is 29.2 Å². The van der Waals surface area contributed by atoms with Crippen molar-refractivity contribution in [3.63, 3.8) is 0 Å². The van der Waals surface area contributed by atoms with E-state index in [0.29, 0.717) is 12.1 Å². The lowest BCUT2D eigenvalue weighted by Crippen LogP contribution is -2.16. The second kappa shape index (κ2) is 8.39. The maximum absolute atomic E-state index is 11.7. The highest BCUT2D eigenvalue weighted by molar-refractivity contribution is 7.94. The Morgan fingerprint density at radius 3 is 2.53 bits per heavy atom. The van der Waals surface area contributed by atoms with Crippen molar-refractivity contribution < 1.29 is 22.7 Å². The molecule has 1 rings (SSSR count). The van der Waals surface area contributed by atoms with Gasteiger partial charge in [-0.2, -0.15) is 0 Å². The SMILES string of the molecule is CCCCS(=O)(=O)Nc1ccc(SOOOC)cc1. The highest BCUT2D eigenvalue weighted by atomic mass is 32.2. The number of sulfonamides is 1. The van der Waals surface area contributed by atoms with Crippen LogP contribution in [0.1, 0.15) is 19.8 Å². The van der Waals surface area contributed by atoms with Gasteiger partial charge in [-0.05, 0) is 30.7 Å². The number of anilines is 1. The number of benzene rings is 1. The van der Waals surface area contributed by atoms with E-state index in [1.165, 1.54) is 7.11 Å². The third-order valence-corrected chi connectivity index (χ3v) is 4.08. The van der Waals surface area contributed by atoms with Crippen LogP contribution >= 0.6 is 12.0 Å². The van der Waals surface area contributed by atoms with Crippen LogP contribution in [0.3, 0.4) is 0 Å². The standard InChI is InChI=1S/C11H17NO5S2/c1-3-4-9-19(13,14)12-10-5-7-11(8-6-10)18-17-16-15-2/h5-8,12H,3-4,9H2,1-2H3. The van der Waals surface area contributed by atoms with E-state index < -0.39 is 10.0 Å². The van der Waals surface area contributed by atoms with Gasteiger partial charge < -0.3 is 0 Å². The van der Waals surface area contributed by atoms with Crippen LogP contribution in [0.5, 0.6) is 0 Å². The first-order chi connectivity index (χ1) is 9.07. The lowest BCUT2D eigenvalue weighted by molar-refractivity contribution is -0.447. The van der Waals surface area contributed by atoms with E-state index in [-0.39, 0.29) is 5.75 Å². The number of hydrogen-bond acceptors (Lipinski definition) is 6. The van der Waals surface area contributed by atoms with Crippen LogP contribution < -0.4 is 4.72 Å². The minimum atomic E-state index is -3.26. The molecule has 8 heteroatoms. The zero-order chi connectivity index (χ0) is 14.1. The summed E-state index contributed by atoms with van der Waals surface area (Å²) in [4.78, 5) is 5.01. The molecular formula is C11H17NO5S2. The first-order valence-electron chi connectivity index (χ1n) is 5.72. The summed E-state index contributed by atoms with van der Waals surface area (Å²) in [5.74, 6) is 0.130. The van der Waals surface area contributed by atoms with E-state index in [1.807, 2.05) is 6.92 Å². The molecule has 0 spiro atoms. The van der Waals surface area contributed by atoms with E-state index in [0.717, 1.165) is 23.4 Å². The van der Waals surface area contributed by atoms with Crippen LogP contribution in [0.2, 0.25) is 0 Å². The van der Waals surface area contributed by atoms with E-state index in [2.05, 4.69) is 19.0 Å². The zero-order valence-electron chi connectivity index (χ0n) is 10.8. The zero-order valence-corrected chi connectivity index (χ0v) is 12.4. The van der Waals surface area contributed by atoms with Crippen molar-refractivity contribution in [1.29, 1.82) is 0 Å². The molecule has 0 aliphatic rings. The van der Waals surface area contributed by atoms with Crippen molar-refractivity contribution >= 4 is 27.8 Å². The maximum Gasteiger partial charge on any atom is 0.232 e. The average Bonchev–Trinajstić information content (AvgIpc) is 2.38. The molecule has 0 aromatic heterocycles. The Labute approximate surface area is 117 Å². The normalized spacial score (nSPS) is 11.5. The Hall–Kier alpha value is -0.800. The smallest absolute Gasteiger partial charge is 0.232 e. The summed E-state index contributed by atoms with van der Waals surface area (Å²) in [5.41, 5.74) is 0.521. The third-order valence-electron chi connectivity index (χ3n) is 2.12. The van der Waals surface area contributed by atoms with E-state index in [1.54, 1.807) is 24.3 Å². The van der Waals surface area contributed by atoms with Gasteiger partial charge in [-0.3, -0.25) is 4.72 Å². The highest BCUT2D eigenvalue weighted by Gasteiger charge is 2.09. The first kappa shape index (κ1) is 16.3. The number of nitrogens with one attached hydrogen (secondary N) is 1. The van der Waals surface area contributed by atoms with E-state index in [4.69, 9.17) is 0 Å². The van der Waals surface area contributed by atoms with Gasteiger partial charge in [0.05, 0.1) is 24.9 Å². The van der Waals surface area contributed by atoms with Crippen LogP contribution in [0, 0.1) is 0 Å². The summed E-state index contributed by atoms with van der Waals surface area (Å²) >= 11 is 0.961. The van der Waals surface area contributed by atoms with Crippen molar-refractivity contribution in [2.24, 2.45) is 0 Å². The largest absolute Gasteiger partial charge is 0.284 e. The number of rotatable bonds is 9. The molecule has 6 nitrogen and oxygen atoms in total. The monoisotopic (exact) mass is 307 g/mol. The molecule has 1 N–H and O–H groups in total. The molecule has 108 valence electrons. The second-order valence-electron chi connectivity index (χ2n) is 3.68. The Bertz CT molecular complexity index is 460. The fourth-order valence-electron chi connectivity index (χ4n) is 1.22. The molecule has 0 fully saturated rings. The van der Waals surface area contributed by atoms with Crippen molar-refractivity contribution in [3.8, 4) is 0 Å². The Morgan fingerprint density at radius 1 is 1.26 bits per heavy atom. The quantitative estimate of drug-likeness (QED) is 0.327. The molecule has 0 radical (unpaired) electrons. The fourth-order valence-corrected chi connectivity index (χ4v) is 2.90. The molecule has 1 aromatic carbocycles. The van der Waals surface area contributed by atoms with Crippen LogP contribution in [0.25, 0.3) is 0 Å². The van der Waals surface area contributed by atoms with Gasteiger partial charge in [-0.1, -0.05) is 18.4 Å². The van der Waals surface area contributed by atoms with Gasteiger partial charge in [0.2, 0.25) is 10.0 Å². The topological polar surface area (TPSA) is 73.9 Å². The molecule has 19 heavy (non-hydrogen) atoms. The van der Waals surface area contributed by atoms with Gasteiger partial charge in [0, 0.05) is 10.6 Å². The summed E-state index contributed by atoms with van der Waals surface area (Å²) in [6, 6.07) is 6.73. The lowest BCUT2D eigenvalue weighted by Gasteiger charge is -2.07. The molecule has 0 amide bonds. The van der Waals surface area contributed by atoms with Crippen LogP contribution in [0.4, 0.5) is 5.69 Å². The molecule has 0 aliphatic carbocycles. The molecule has 0 bridgehead atoms. The Morgan fingerprint density at radius 2 is 1.95 bits per heavy atom. The van der Waals surface area contributed by atoms with Crippen molar-refractivity contribution in [2.45, 2.75) is 24.7 Å². The summed E-state index contributed by atoms with van der Waals surface area (Å²) in [6.07, 6.45) is 1.48. The molecule has 0 unspecified atom stereocenters. The number of unbranched alkanes of at least 4 members (excludes halogenated alkanes) is 1. The molecule has 0 aliphatic heterocycles. The van der Waals surface area contributed by atoms with Crippen molar-refractivity contribution in [3.05, 3.63) is 24.3 Å². The number of hydrogen-bond donors (Lipinski definition) is 1. The van der Waals surface area contributed by atoms with E-state index in [9.17, 15) is 8.42 Å². The Balaban J connectivity index is 2.52. The van der Waals surface area contributed by atoms with Gasteiger partial charge >= 0.3 is 0 Å². The molecule has 1 aromatic rings.